The Morgan fingerprint density at radius 2 is 2.33 bits per heavy atom. The van der Waals surface area contributed by atoms with Gasteiger partial charge in [0.25, 0.3) is 0 Å². The van der Waals surface area contributed by atoms with Crippen molar-refractivity contribution in [2.75, 3.05) is 6.54 Å². The fourth-order valence-electron chi connectivity index (χ4n) is 2.86. The van der Waals surface area contributed by atoms with E-state index >= 15 is 0 Å². The SMILES string of the molecule is CC(C)NCC1CCc2nc(Cc3cccs3)ncc2C1. The first kappa shape index (κ1) is 14.7. The number of rotatable bonds is 5. The van der Waals surface area contributed by atoms with E-state index in [1.807, 2.05) is 0 Å². The molecule has 112 valence electrons. The smallest absolute Gasteiger partial charge is 0.133 e. The van der Waals surface area contributed by atoms with Crippen LogP contribution in [-0.4, -0.2) is 22.6 Å². The van der Waals surface area contributed by atoms with Crippen LogP contribution >= 0.6 is 11.3 Å². The third kappa shape index (κ3) is 3.89. The van der Waals surface area contributed by atoms with Gasteiger partial charge < -0.3 is 5.32 Å². The summed E-state index contributed by atoms with van der Waals surface area (Å²) in [5.74, 6) is 1.70. The molecule has 4 heteroatoms. The number of hydrogen-bond donors (Lipinski definition) is 1. The molecule has 0 fully saturated rings. The first-order valence-electron chi connectivity index (χ1n) is 7.80. The number of aryl methyl sites for hydroxylation is 1. The summed E-state index contributed by atoms with van der Waals surface area (Å²) in [6.07, 6.45) is 6.38. The van der Waals surface area contributed by atoms with E-state index in [-0.39, 0.29) is 0 Å². The maximum atomic E-state index is 4.79. The number of nitrogens with zero attached hydrogens (tertiary/aromatic N) is 2. The molecule has 1 unspecified atom stereocenters. The summed E-state index contributed by atoms with van der Waals surface area (Å²) in [7, 11) is 0. The molecule has 0 aliphatic heterocycles. The van der Waals surface area contributed by atoms with Crippen molar-refractivity contribution in [3.05, 3.63) is 45.7 Å². The molecule has 0 spiro atoms. The molecule has 2 aromatic heterocycles. The van der Waals surface area contributed by atoms with Crippen molar-refractivity contribution < 1.29 is 0 Å². The quantitative estimate of drug-likeness (QED) is 0.921. The zero-order valence-electron chi connectivity index (χ0n) is 12.8. The van der Waals surface area contributed by atoms with Crippen LogP contribution in [0.5, 0.6) is 0 Å². The number of fused-ring (bicyclic) bond motifs is 1. The number of nitrogens with one attached hydrogen (secondary N) is 1. The van der Waals surface area contributed by atoms with Crippen molar-refractivity contribution >= 4 is 11.3 Å². The summed E-state index contributed by atoms with van der Waals surface area (Å²) in [5, 5.41) is 5.66. The summed E-state index contributed by atoms with van der Waals surface area (Å²) >= 11 is 1.78. The highest BCUT2D eigenvalue weighted by atomic mass is 32.1. The van der Waals surface area contributed by atoms with Crippen LogP contribution in [0.1, 0.15) is 42.2 Å². The minimum atomic E-state index is 0.566. The van der Waals surface area contributed by atoms with Gasteiger partial charge in [-0.05, 0) is 48.7 Å². The molecule has 1 aliphatic rings. The van der Waals surface area contributed by atoms with E-state index in [0.717, 1.165) is 37.5 Å². The van der Waals surface area contributed by atoms with E-state index in [1.54, 1.807) is 11.3 Å². The molecule has 1 N–H and O–H groups in total. The Hall–Kier alpha value is -1.26. The minimum absolute atomic E-state index is 0.566. The van der Waals surface area contributed by atoms with E-state index in [4.69, 9.17) is 4.98 Å². The van der Waals surface area contributed by atoms with Crippen molar-refractivity contribution in [2.45, 2.75) is 45.6 Å². The van der Waals surface area contributed by atoms with Gasteiger partial charge in [0.2, 0.25) is 0 Å². The van der Waals surface area contributed by atoms with Gasteiger partial charge in [0.1, 0.15) is 5.82 Å². The van der Waals surface area contributed by atoms with Crippen LogP contribution in [0, 0.1) is 5.92 Å². The molecule has 0 radical (unpaired) electrons. The number of hydrogen-bond acceptors (Lipinski definition) is 4. The Morgan fingerprint density at radius 3 is 3.10 bits per heavy atom. The zero-order chi connectivity index (χ0) is 14.7. The van der Waals surface area contributed by atoms with Gasteiger partial charge in [-0.2, -0.15) is 0 Å². The summed E-state index contributed by atoms with van der Waals surface area (Å²) in [5.41, 5.74) is 2.63. The first-order valence-corrected chi connectivity index (χ1v) is 8.68. The highest BCUT2D eigenvalue weighted by Gasteiger charge is 2.20. The molecule has 0 bridgehead atoms. The van der Waals surface area contributed by atoms with Crippen LogP contribution < -0.4 is 5.32 Å². The zero-order valence-corrected chi connectivity index (χ0v) is 13.6. The van der Waals surface area contributed by atoms with Crippen molar-refractivity contribution in [1.82, 2.24) is 15.3 Å². The van der Waals surface area contributed by atoms with E-state index in [0.29, 0.717) is 6.04 Å². The largest absolute Gasteiger partial charge is 0.314 e. The molecular formula is C17H23N3S. The second-order valence-corrected chi connectivity index (χ2v) is 7.22. The van der Waals surface area contributed by atoms with E-state index in [2.05, 4.69) is 47.9 Å². The Kier molecular flexibility index (Phi) is 4.66. The summed E-state index contributed by atoms with van der Waals surface area (Å²) < 4.78 is 0. The number of thiophene rings is 1. The van der Waals surface area contributed by atoms with Gasteiger partial charge in [-0.3, -0.25) is 0 Å². The minimum Gasteiger partial charge on any atom is -0.314 e. The van der Waals surface area contributed by atoms with Gasteiger partial charge in [0, 0.05) is 29.2 Å². The average Bonchev–Trinajstić information content (AvgIpc) is 2.98. The normalized spacial score (nSPS) is 18.0. The average molecular weight is 301 g/mol. The van der Waals surface area contributed by atoms with Crippen molar-refractivity contribution in [1.29, 1.82) is 0 Å². The van der Waals surface area contributed by atoms with Gasteiger partial charge in [0.15, 0.2) is 0 Å². The molecule has 2 heterocycles. The molecule has 2 aromatic rings. The molecule has 0 aromatic carbocycles. The van der Waals surface area contributed by atoms with Gasteiger partial charge in [-0.25, -0.2) is 9.97 Å². The third-order valence-corrected chi connectivity index (χ3v) is 4.91. The highest BCUT2D eigenvalue weighted by molar-refractivity contribution is 7.09. The fraction of sp³-hybridized carbons (Fsp3) is 0.529. The van der Waals surface area contributed by atoms with Crippen molar-refractivity contribution in [3.8, 4) is 0 Å². The van der Waals surface area contributed by atoms with Crippen LogP contribution in [0.2, 0.25) is 0 Å². The summed E-state index contributed by atoms with van der Waals surface area (Å²) in [6, 6.07) is 4.81. The lowest BCUT2D eigenvalue weighted by atomic mass is 9.87. The Morgan fingerprint density at radius 1 is 1.43 bits per heavy atom. The van der Waals surface area contributed by atoms with E-state index < -0.39 is 0 Å². The lowest BCUT2D eigenvalue weighted by Gasteiger charge is -2.25. The first-order chi connectivity index (χ1) is 10.2. The molecular weight excluding hydrogens is 278 g/mol. The van der Waals surface area contributed by atoms with Crippen molar-refractivity contribution in [3.63, 3.8) is 0 Å². The molecule has 1 atom stereocenters. The second kappa shape index (κ2) is 6.67. The fourth-order valence-corrected chi connectivity index (χ4v) is 3.56. The van der Waals surface area contributed by atoms with Crippen molar-refractivity contribution in [2.24, 2.45) is 5.92 Å². The number of aromatic nitrogens is 2. The molecule has 0 saturated heterocycles. The maximum absolute atomic E-state index is 4.79. The molecule has 3 rings (SSSR count). The van der Waals surface area contributed by atoms with Crippen LogP contribution in [0.4, 0.5) is 0 Å². The summed E-state index contributed by atoms with van der Waals surface area (Å²) in [4.78, 5) is 10.7. The predicted molar refractivity (Wildman–Crippen MR) is 87.8 cm³/mol. The van der Waals surface area contributed by atoms with Crippen LogP contribution in [-0.2, 0) is 19.3 Å². The Balaban J connectivity index is 1.65. The molecule has 3 nitrogen and oxygen atoms in total. The third-order valence-electron chi connectivity index (χ3n) is 4.03. The highest BCUT2D eigenvalue weighted by Crippen LogP contribution is 2.24. The lowest BCUT2D eigenvalue weighted by molar-refractivity contribution is 0.402. The Bertz CT molecular complexity index is 578. The Labute approximate surface area is 130 Å². The maximum Gasteiger partial charge on any atom is 0.133 e. The second-order valence-electron chi connectivity index (χ2n) is 6.19. The lowest BCUT2D eigenvalue weighted by Crippen LogP contribution is -2.32. The van der Waals surface area contributed by atoms with E-state index in [9.17, 15) is 0 Å². The summed E-state index contributed by atoms with van der Waals surface area (Å²) in [6.45, 7) is 5.52. The molecule has 0 saturated carbocycles. The van der Waals surface area contributed by atoms with E-state index in [1.165, 1.54) is 22.6 Å². The van der Waals surface area contributed by atoms with Crippen LogP contribution in [0.15, 0.2) is 23.7 Å². The molecule has 21 heavy (non-hydrogen) atoms. The molecule has 0 amide bonds. The predicted octanol–water partition coefficient (Wildman–Crippen LogP) is 3.23. The monoisotopic (exact) mass is 301 g/mol. The van der Waals surface area contributed by atoms with Gasteiger partial charge >= 0.3 is 0 Å². The standard InChI is InChI=1S/C17H23N3S/c1-12(2)18-10-13-5-6-16-14(8-13)11-19-17(20-16)9-15-4-3-7-21-15/h3-4,7,11-13,18H,5-6,8-10H2,1-2H3. The van der Waals surface area contributed by atoms with Gasteiger partial charge in [0.05, 0.1) is 0 Å². The van der Waals surface area contributed by atoms with Gasteiger partial charge in [-0.1, -0.05) is 19.9 Å². The topological polar surface area (TPSA) is 37.8 Å². The van der Waals surface area contributed by atoms with Crippen LogP contribution in [0.25, 0.3) is 0 Å². The molecule has 1 aliphatic carbocycles. The van der Waals surface area contributed by atoms with Gasteiger partial charge in [-0.15, -0.1) is 11.3 Å². The van der Waals surface area contributed by atoms with Crippen LogP contribution in [0.3, 0.4) is 0 Å².